The van der Waals surface area contributed by atoms with Crippen molar-refractivity contribution in [2.24, 2.45) is 0 Å². The van der Waals surface area contributed by atoms with Gasteiger partial charge in [-0.05, 0) is 23.3 Å². The van der Waals surface area contributed by atoms with Crippen molar-refractivity contribution in [2.45, 2.75) is 13.2 Å². The van der Waals surface area contributed by atoms with Crippen molar-refractivity contribution in [3.63, 3.8) is 0 Å². The molecule has 1 aliphatic rings. The number of carbonyl (C=O) groups is 1. The van der Waals surface area contributed by atoms with Crippen molar-refractivity contribution in [1.29, 1.82) is 0 Å². The van der Waals surface area contributed by atoms with E-state index in [1.165, 1.54) is 0 Å². The monoisotopic (exact) mass is 287 g/mol. The van der Waals surface area contributed by atoms with Crippen LogP contribution in [0.15, 0.2) is 18.2 Å². The first-order valence-electron chi connectivity index (χ1n) is 5.87. The number of benzene rings is 1. The van der Waals surface area contributed by atoms with Crippen LogP contribution in [0.5, 0.6) is 0 Å². The Kier molecular flexibility index (Phi) is 4.87. The fourth-order valence-electron chi connectivity index (χ4n) is 2.01. The lowest BCUT2D eigenvalue weighted by molar-refractivity contribution is 0.0775. The standard InChI is InChI=1S/C13H15Cl2NO2/c14-3-5-16(6-4-15)13(17)10-1-2-11-8-18-9-12(11)7-10/h1-2,7H,3-6,8-9H2. The highest BCUT2D eigenvalue weighted by Crippen LogP contribution is 2.21. The predicted octanol–water partition coefficient (Wildman–Crippen LogP) is 2.64. The van der Waals surface area contributed by atoms with E-state index in [0.29, 0.717) is 43.6 Å². The number of fused-ring (bicyclic) bond motifs is 1. The van der Waals surface area contributed by atoms with Gasteiger partial charge in [-0.3, -0.25) is 4.79 Å². The molecule has 0 N–H and O–H groups in total. The van der Waals surface area contributed by atoms with Crippen molar-refractivity contribution in [3.05, 3.63) is 34.9 Å². The molecular formula is C13H15Cl2NO2. The SMILES string of the molecule is O=C(c1ccc2c(c1)COC2)N(CCCl)CCCl. The van der Waals surface area contributed by atoms with Gasteiger partial charge in [0.05, 0.1) is 13.2 Å². The molecule has 0 saturated heterocycles. The summed E-state index contributed by atoms with van der Waals surface area (Å²) in [4.78, 5) is 14.0. The molecule has 0 saturated carbocycles. The van der Waals surface area contributed by atoms with Crippen LogP contribution in [0, 0.1) is 0 Å². The van der Waals surface area contributed by atoms with E-state index in [0.717, 1.165) is 11.1 Å². The van der Waals surface area contributed by atoms with Crippen LogP contribution in [0.25, 0.3) is 0 Å². The predicted molar refractivity (Wildman–Crippen MR) is 72.3 cm³/mol. The Morgan fingerprint density at radius 2 is 1.83 bits per heavy atom. The summed E-state index contributed by atoms with van der Waals surface area (Å²) in [5, 5.41) is 0. The molecule has 0 fully saturated rings. The first kappa shape index (κ1) is 13.7. The van der Waals surface area contributed by atoms with Gasteiger partial charge in [-0.2, -0.15) is 0 Å². The molecule has 1 heterocycles. The fraction of sp³-hybridized carbons (Fsp3) is 0.462. The molecule has 5 heteroatoms. The molecule has 1 aliphatic heterocycles. The first-order chi connectivity index (χ1) is 8.76. The van der Waals surface area contributed by atoms with E-state index < -0.39 is 0 Å². The molecule has 18 heavy (non-hydrogen) atoms. The summed E-state index contributed by atoms with van der Waals surface area (Å²) >= 11 is 11.4. The number of alkyl halides is 2. The lowest BCUT2D eigenvalue weighted by Gasteiger charge is -2.20. The minimum atomic E-state index is -0.0222. The van der Waals surface area contributed by atoms with Gasteiger partial charge in [-0.1, -0.05) is 6.07 Å². The van der Waals surface area contributed by atoms with Crippen molar-refractivity contribution in [1.82, 2.24) is 4.90 Å². The van der Waals surface area contributed by atoms with Crippen LogP contribution >= 0.6 is 23.2 Å². The summed E-state index contributed by atoms with van der Waals surface area (Å²) in [5.74, 6) is 0.805. The number of hydrogen-bond acceptors (Lipinski definition) is 2. The summed E-state index contributed by atoms with van der Waals surface area (Å²) < 4.78 is 5.34. The van der Waals surface area contributed by atoms with Crippen LogP contribution in [0.2, 0.25) is 0 Å². The van der Waals surface area contributed by atoms with E-state index >= 15 is 0 Å². The molecule has 2 rings (SSSR count). The zero-order chi connectivity index (χ0) is 13.0. The number of amides is 1. The zero-order valence-electron chi connectivity index (χ0n) is 9.99. The Labute approximate surface area is 117 Å². The minimum absolute atomic E-state index is 0.0222. The molecule has 3 nitrogen and oxygen atoms in total. The molecule has 0 radical (unpaired) electrons. The van der Waals surface area contributed by atoms with Gasteiger partial charge < -0.3 is 9.64 Å². The summed E-state index contributed by atoms with van der Waals surface area (Å²) in [7, 11) is 0. The number of ether oxygens (including phenoxy) is 1. The Bertz CT molecular complexity index is 431. The summed E-state index contributed by atoms with van der Waals surface area (Å²) in [6.07, 6.45) is 0. The minimum Gasteiger partial charge on any atom is -0.372 e. The van der Waals surface area contributed by atoms with Gasteiger partial charge in [0.25, 0.3) is 5.91 Å². The average Bonchev–Trinajstić information content (AvgIpc) is 2.84. The van der Waals surface area contributed by atoms with Gasteiger partial charge in [0, 0.05) is 30.4 Å². The lowest BCUT2D eigenvalue weighted by atomic mass is 10.1. The Morgan fingerprint density at radius 1 is 1.17 bits per heavy atom. The second-order valence-electron chi connectivity index (χ2n) is 4.15. The largest absolute Gasteiger partial charge is 0.372 e. The number of carbonyl (C=O) groups excluding carboxylic acids is 1. The summed E-state index contributed by atoms with van der Waals surface area (Å²) in [6, 6.07) is 5.70. The normalized spacial score (nSPS) is 13.4. The second-order valence-corrected chi connectivity index (χ2v) is 4.90. The van der Waals surface area contributed by atoms with Crippen molar-refractivity contribution in [2.75, 3.05) is 24.8 Å². The maximum atomic E-state index is 12.3. The second kappa shape index (κ2) is 6.41. The zero-order valence-corrected chi connectivity index (χ0v) is 11.5. The van der Waals surface area contributed by atoms with Gasteiger partial charge >= 0.3 is 0 Å². The first-order valence-corrected chi connectivity index (χ1v) is 6.94. The highest BCUT2D eigenvalue weighted by Gasteiger charge is 2.18. The number of halogens is 2. The Morgan fingerprint density at radius 3 is 2.50 bits per heavy atom. The average molecular weight is 288 g/mol. The smallest absolute Gasteiger partial charge is 0.253 e. The van der Waals surface area contributed by atoms with Crippen LogP contribution in [0.4, 0.5) is 0 Å². The molecule has 0 spiro atoms. The highest BCUT2D eigenvalue weighted by atomic mass is 35.5. The van der Waals surface area contributed by atoms with Crippen molar-refractivity contribution < 1.29 is 9.53 Å². The molecule has 0 bridgehead atoms. The molecule has 0 atom stereocenters. The lowest BCUT2D eigenvalue weighted by Crippen LogP contribution is -2.34. The van der Waals surface area contributed by atoms with E-state index in [9.17, 15) is 4.79 Å². The quantitative estimate of drug-likeness (QED) is 0.780. The molecule has 1 amide bonds. The molecule has 1 aromatic rings. The molecular weight excluding hydrogens is 273 g/mol. The highest BCUT2D eigenvalue weighted by molar-refractivity contribution is 6.18. The van der Waals surface area contributed by atoms with Gasteiger partial charge in [-0.25, -0.2) is 0 Å². The van der Waals surface area contributed by atoms with Crippen LogP contribution in [-0.2, 0) is 18.0 Å². The van der Waals surface area contributed by atoms with Crippen LogP contribution < -0.4 is 0 Å². The van der Waals surface area contributed by atoms with Crippen LogP contribution in [0.1, 0.15) is 21.5 Å². The number of rotatable bonds is 5. The third kappa shape index (κ3) is 2.97. The third-order valence-corrected chi connectivity index (χ3v) is 3.30. The van der Waals surface area contributed by atoms with E-state index in [1.807, 2.05) is 18.2 Å². The maximum Gasteiger partial charge on any atom is 0.253 e. The molecule has 1 aromatic carbocycles. The molecule has 0 unspecified atom stereocenters. The summed E-state index contributed by atoms with van der Waals surface area (Å²) in [6.45, 7) is 2.25. The van der Waals surface area contributed by atoms with Crippen LogP contribution in [-0.4, -0.2) is 35.7 Å². The van der Waals surface area contributed by atoms with Gasteiger partial charge in [-0.15, -0.1) is 23.2 Å². The van der Waals surface area contributed by atoms with Crippen molar-refractivity contribution in [3.8, 4) is 0 Å². The van der Waals surface area contributed by atoms with E-state index in [2.05, 4.69) is 0 Å². The molecule has 0 aromatic heterocycles. The van der Waals surface area contributed by atoms with Gasteiger partial charge in [0.15, 0.2) is 0 Å². The van der Waals surface area contributed by atoms with E-state index in [4.69, 9.17) is 27.9 Å². The number of hydrogen-bond donors (Lipinski definition) is 0. The molecule has 98 valence electrons. The number of nitrogens with zero attached hydrogens (tertiary/aromatic N) is 1. The maximum absolute atomic E-state index is 12.3. The van der Waals surface area contributed by atoms with Crippen molar-refractivity contribution >= 4 is 29.1 Å². The fourth-order valence-corrected chi connectivity index (χ4v) is 2.41. The third-order valence-electron chi connectivity index (χ3n) is 2.96. The van der Waals surface area contributed by atoms with E-state index in [1.54, 1.807) is 4.90 Å². The Balaban J connectivity index is 2.16. The van der Waals surface area contributed by atoms with Gasteiger partial charge in [0.2, 0.25) is 0 Å². The summed E-state index contributed by atoms with van der Waals surface area (Å²) in [5.41, 5.74) is 2.93. The topological polar surface area (TPSA) is 29.5 Å². The molecule has 0 aliphatic carbocycles. The van der Waals surface area contributed by atoms with Gasteiger partial charge in [0.1, 0.15) is 0 Å². The van der Waals surface area contributed by atoms with Crippen LogP contribution in [0.3, 0.4) is 0 Å². The van der Waals surface area contributed by atoms with E-state index in [-0.39, 0.29) is 5.91 Å². The Hall–Kier alpha value is -0.770.